The van der Waals surface area contributed by atoms with Gasteiger partial charge in [-0.05, 0) is 36.3 Å². The van der Waals surface area contributed by atoms with E-state index in [4.69, 9.17) is 33.7 Å². The minimum absolute atomic E-state index is 0.0965. The third-order valence-corrected chi connectivity index (χ3v) is 3.21. The van der Waals surface area contributed by atoms with Crippen LogP contribution in [0.4, 0.5) is 5.69 Å². The van der Waals surface area contributed by atoms with Crippen molar-refractivity contribution in [3.05, 3.63) is 34.9 Å². The number of rotatable bonds is 6. The first kappa shape index (κ1) is 16.4. The maximum absolute atomic E-state index is 8.78. The smallest absolute Gasteiger partial charge is 0.130 e. The fraction of sp³-hybridized carbons (Fsp3) is 0.333. The highest BCUT2D eigenvalue weighted by molar-refractivity contribution is 6.18. The Kier molecular flexibility index (Phi) is 6.94. The van der Waals surface area contributed by atoms with Gasteiger partial charge in [0.15, 0.2) is 0 Å². The van der Waals surface area contributed by atoms with Gasteiger partial charge in [-0.3, -0.25) is 0 Å². The van der Waals surface area contributed by atoms with E-state index in [1.807, 2.05) is 37.3 Å². The Bertz CT molecular complexity index is 545. The summed E-state index contributed by atoms with van der Waals surface area (Å²) >= 11 is 11.6. The molecule has 0 aliphatic heterocycles. The average molecular weight is 308 g/mol. The predicted octanol–water partition coefficient (Wildman–Crippen LogP) is 3.71. The summed E-state index contributed by atoms with van der Waals surface area (Å²) in [6.45, 7) is 3.40. The van der Waals surface area contributed by atoms with Crippen LogP contribution in [0.5, 0.6) is 0 Å². The van der Waals surface area contributed by atoms with E-state index in [-0.39, 0.29) is 5.57 Å². The molecule has 0 saturated carbocycles. The molecule has 0 N–H and O–H groups in total. The van der Waals surface area contributed by atoms with Gasteiger partial charge in [0.2, 0.25) is 0 Å². The number of allylic oxidation sites excluding steroid dienone is 1. The van der Waals surface area contributed by atoms with Gasteiger partial charge in [0.05, 0.1) is 0 Å². The van der Waals surface area contributed by atoms with E-state index in [9.17, 15) is 0 Å². The molecule has 5 heteroatoms. The van der Waals surface area contributed by atoms with Crippen LogP contribution in [-0.2, 0) is 0 Å². The standard InChI is InChI=1S/C15H15Cl2N3/c1-12-8-15(20(6-4-16)7-5-17)3-2-14(12)9-13(10-18)11-19/h2-3,8-9H,4-7H2,1H3. The second kappa shape index (κ2) is 8.48. The van der Waals surface area contributed by atoms with E-state index in [1.165, 1.54) is 0 Å². The van der Waals surface area contributed by atoms with Crippen LogP contribution in [-0.4, -0.2) is 24.8 Å². The summed E-state index contributed by atoms with van der Waals surface area (Å²) in [5.74, 6) is 1.06. The SMILES string of the molecule is Cc1cc(N(CCCl)CCCl)ccc1C=C(C#N)C#N. The average Bonchev–Trinajstić information content (AvgIpc) is 2.46. The Balaban J connectivity index is 3.07. The summed E-state index contributed by atoms with van der Waals surface area (Å²) in [6, 6.07) is 9.58. The first-order chi connectivity index (χ1) is 9.65. The minimum Gasteiger partial charge on any atom is -0.369 e. The number of anilines is 1. The lowest BCUT2D eigenvalue weighted by Crippen LogP contribution is -2.27. The third-order valence-electron chi connectivity index (χ3n) is 2.87. The Morgan fingerprint density at radius 2 is 1.80 bits per heavy atom. The molecule has 1 rings (SSSR count). The molecule has 0 radical (unpaired) electrons. The molecule has 0 aromatic heterocycles. The van der Waals surface area contributed by atoms with Crippen LogP contribution in [0.1, 0.15) is 11.1 Å². The second-order valence-corrected chi connectivity index (χ2v) is 4.94. The summed E-state index contributed by atoms with van der Waals surface area (Å²) in [5.41, 5.74) is 3.00. The normalized spacial score (nSPS) is 9.45. The van der Waals surface area contributed by atoms with E-state index < -0.39 is 0 Å². The number of hydrogen-bond acceptors (Lipinski definition) is 3. The van der Waals surface area contributed by atoms with Crippen molar-refractivity contribution in [1.29, 1.82) is 10.5 Å². The van der Waals surface area contributed by atoms with E-state index in [2.05, 4.69) is 4.90 Å². The van der Waals surface area contributed by atoms with Crippen molar-refractivity contribution >= 4 is 35.0 Å². The van der Waals surface area contributed by atoms with Gasteiger partial charge in [0, 0.05) is 30.5 Å². The summed E-state index contributed by atoms with van der Waals surface area (Å²) in [6.07, 6.45) is 1.59. The highest BCUT2D eigenvalue weighted by Crippen LogP contribution is 2.21. The zero-order valence-corrected chi connectivity index (χ0v) is 12.7. The molecule has 20 heavy (non-hydrogen) atoms. The van der Waals surface area contributed by atoms with Crippen LogP contribution in [0, 0.1) is 29.6 Å². The van der Waals surface area contributed by atoms with Gasteiger partial charge >= 0.3 is 0 Å². The summed E-state index contributed by atoms with van der Waals surface area (Å²) in [7, 11) is 0. The lowest BCUT2D eigenvalue weighted by atomic mass is 10.0. The van der Waals surface area contributed by atoms with Gasteiger partial charge in [-0.15, -0.1) is 23.2 Å². The van der Waals surface area contributed by atoms with Crippen LogP contribution < -0.4 is 4.90 Å². The molecule has 0 spiro atoms. The molecule has 1 aromatic rings. The number of hydrogen-bond donors (Lipinski definition) is 0. The molecular weight excluding hydrogens is 293 g/mol. The molecule has 104 valence electrons. The van der Waals surface area contributed by atoms with Crippen molar-refractivity contribution in [3.8, 4) is 12.1 Å². The van der Waals surface area contributed by atoms with Crippen molar-refractivity contribution < 1.29 is 0 Å². The highest BCUT2D eigenvalue weighted by Gasteiger charge is 2.07. The van der Waals surface area contributed by atoms with Crippen molar-refractivity contribution in [2.24, 2.45) is 0 Å². The van der Waals surface area contributed by atoms with E-state index in [0.29, 0.717) is 11.8 Å². The molecule has 0 fully saturated rings. The summed E-state index contributed by atoms with van der Waals surface area (Å²) in [4.78, 5) is 2.11. The number of halogens is 2. The first-order valence-corrected chi connectivity index (χ1v) is 7.22. The van der Waals surface area contributed by atoms with Crippen molar-refractivity contribution in [1.82, 2.24) is 0 Å². The van der Waals surface area contributed by atoms with Crippen molar-refractivity contribution in [2.75, 3.05) is 29.7 Å². The van der Waals surface area contributed by atoms with E-state index in [1.54, 1.807) is 6.08 Å². The van der Waals surface area contributed by atoms with Gasteiger partial charge in [-0.25, -0.2) is 0 Å². The molecule has 3 nitrogen and oxygen atoms in total. The second-order valence-electron chi connectivity index (χ2n) is 4.19. The first-order valence-electron chi connectivity index (χ1n) is 6.15. The van der Waals surface area contributed by atoms with Gasteiger partial charge in [-0.1, -0.05) is 6.07 Å². The molecule has 0 amide bonds. The monoisotopic (exact) mass is 307 g/mol. The number of nitrogens with zero attached hydrogens (tertiary/aromatic N) is 3. The molecule has 0 saturated heterocycles. The zero-order valence-electron chi connectivity index (χ0n) is 11.2. The lowest BCUT2D eigenvalue weighted by molar-refractivity contribution is 0.873. The molecule has 0 heterocycles. The molecular formula is C15H15Cl2N3. The van der Waals surface area contributed by atoms with Crippen molar-refractivity contribution in [2.45, 2.75) is 6.92 Å². The molecule has 0 bridgehead atoms. The molecule has 1 aromatic carbocycles. The Hall–Kier alpha value is -1.68. The number of alkyl halides is 2. The van der Waals surface area contributed by atoms with Gasteiger partial charge in [0.25, 0.3) is 0 Å². The van der Waals surface area contributed by atoms with Gasteiger partial charge in [-0.2, -0.15) is 10.5 Å². The quantitative estimate of drug-likeness (QED) is 0.594. The number of nitriles is 2. The highest BCUT2D eigenvalue weighted by atomic mass is 35.5. The fourth-order valence-corrected chi connectivity index (χ4v) is 2.25. The number of benzene rings is 1. The fourth-order valence-electron chi connectivity index (χ4n) is 1.84. The lowest BCUT2D eigenvalue weighted by Gasteiger charge is -2.23. The van der Waals surface area contributed by atoms with E-state index >= 15 is 0 Å². The maximum atomic E-state index is 8.78. The largest absolute Gasteiger partial charge is 0.369 e. The van der Waals surface area contributed by atoms with Gasteiger partial charge in [0.1, 0.15) is 17.7 Å². The topological polar surface area (TPSA) is 50.8 Å². The van der Waals surface area contributed by atoms with Crippen molar-refractivity contribution in [3.63, 3.8) is 0 Å². The molecule has 0 aliphatic carbocycles. The molecule has 0 aliphatic rings. The Labute approximate surface area is 129 Å². The summed E-state index contributed by atoms with van der Waals surface area (Å²) in [5, 5.41) is 17.6. The minimum atomic E-state index is 0.0965. The predicted molar refractivity (Wildman–Crippen MR) is 84.0 cm³/mol. The van der Waals surface area contributed by atoms with Gasteiger partial charge < -0.3 is 4.90 Å². The van der Waals surface area contributed by atoms with Crippen LogP contribution in [0.2, 0.25) is 0 Å². The Morgan fingerprint density at radius 1 is 1.20 bits per heavy atom. The van der Waals surface area contributed by atoms with Crippen LogP contribution >= 0.6 is 23.2 Å². The Morgan fingerprint density at radius 3 is 2.25 bits per heavy atom. The third kappa shape index (κ3) is 4.46. The van der Waals surface area contributed by atoms with E-state index in [0.717, 1.165) is 29.9 Å². The molecule has 0 atom stereocenters. The summed E-state index contributed by atoms with van der Waals surface area (Å²) < 4.78 is 0. The van der Waals surface area contributed by atoms with Crippen LogP contribution in [0.15, 0.2) is 23.8 Å². The van der Waals surface area contributed by atoms with Crippen LogP contribution in [0.3, 0.4) is 0 Å². The molecule has 0 unspecified atom stereocenters. The number of aryl methyl sites for hydroxylation is 1. The maximum Gasteiger partial charge on any atom is 0.130 e. The zero-order chi connectivity index (χ0) is 15.0. The van der Waals surface area contributed by atoms with Crippen LogP contribution in [0.25, 0.3) is 6.08 Å².